The van der Waals surface area contributed by atoms with Crippen LogP contribution in [0, 0.1) is 0 Å². The molecule has 112 valence electrons. The number of likely N-dealkylation sites (N-methyl/N-ethyl adjacent to an activating group) is 1. The van der Waals surface area contributed by atoms with Crippen LogP contribution in [0.1, 0.15) is 25.7 Å². The Morgan fingerprint density at radius 3 is 2.50 bits per heavy atom. The third kappa shape index (κ3) is 3.31. The maximum absolute atomic E-state index is 12.3. The van der Waals surface area contributed by atoms with Gasteiger partial charge in [0.15, 0.2) is 0 Å². The van der Waals surface area contributed by atoms with Gasteiger partial charge in [0.2, 0.25) is 10.0 Å². The molecule has 1 aromatic heterocycles. The number of rotatable bonds is 5. The van der Waals surface area contributed by atoms with E-state index in [1.807, 2.05) is 14.1 Å². The number of pyridine rings is 1. The third-order valence-corrected chi connectivity index (χ3v) is 5.69. The molecule has 20 heavy (non-hydrogen) atoms. The van der Waals surface area contributed by atoms with Gasteiger partial charge >= 0.3 is 0 Å². The van der Waals surface area contributed by atoms with Crippen LogP contribution in [0.25, 0.3) is 0 Å². The first-order valence-corrected chi connectivity index (χ1v) is 8.51. The summed E-state index contributed by atoms with van der Waals surface area (Å²) in [4.78, 5) is 6.09. The highest BCUT2D eigenvalue weighted by Crippen LogP contribution is 2.33. The molecular weight excluding hydrogens is 298 g/mol. The first kappa shape index (κ1) is 15.7. The summed E-state index contributed by atoms with van der Waals surface area (Å²) in [7, 11) is 0.473. The Bertz CT molecular complexity index is 551. The molecule has 2 rings (SSSR count). The number of sulfonamides is 1. The van der Waals surface area contributed by atoms with Gasteiger partial charge in [-0.15, -0.1) is 0 Å². The summed E-state index contributed by atoms with van der Waals surface area (Å²) in [6, 6.07) is 2.95. The van der Waals surface area contributed by atoms with Crippen molar-refractivity contribution in [3.05, 3.63) is 23.5 Å². The Balaban J connectivity index is 2.11. The van der Waals surface area contributed by atoms with Gasteiger partial charge in [0.05, 0.1) is 0 Å². The van der Waals surface area contributed by atoms with E-state index in [2.05, 4.69) is 14.6 Å². The van der Waals surface area contributed by atoms with Crippen molar-refractivity contribution >= 4 is 21.6 Å². The van der Waals surface area contributed by atoms with E-state index in [0.717, 1.165) is 25.7 Å². The molecule has 0 atom stereocenters. The fourth-order valence-corrected chi connectivity index (χ4v) is 3.82. The van der Waals surface area contributed by atoms with Crippen molar-refractivity contribution in [2.45, 2.75) is 36.1 Å². The van der Waals surface area contributed by atoms with Gasteiger partial charge in [-0.25, -0.2) is 18.1 Å². The van der Waals surface area contributed by atoms with E-state index in [0.29, 0.717) is 6.54 Å². The minimum absolute atomic E-state index is 0.0765. The molecule has 1 N–H and O–H groups in total. The lowest BCUT2D eigenvalue weighted by atomic mass is 9.97. The van der Waals surface area contributed by atoms with Crippen molar-refractivity contribution < 1.29 is 8.42 Å². The summed E-state index contributed by atoms with van der Waals surface area (Å²) in [6.45, 7) is 0.422. The molecule has 1 aliphatic rings. The van der Waals surface area contributed by atoms with E-state index in [4.69, 9.17) is 11.6 Å². The summed E-state index contributed by atoms with van der Waals surface area (Å²) in [5.74, 6) is 0. The van der Waals surface area contributed by atoms with Crippen LogP contribution in [-0.4, -0.2) is 44.5 Å². The molecule has 0 aromatic carbocycles. The Hall–Kier alpha value is -0.690. The summed E-state index contributed by atoms with van der Waals surface area (Å²) in [5.41, 5.74) is -0.0765. The lowest BCUT2D eigenvalue weighted by Gasteiger charge is -2.36. The Morgan fingerprint density at radius 2 is 2.00 bits per heavy atom. The molecule has 0 aliphatic heterocycles. The smallest absolute Gasteiger partial charge is 0.242 e. The number of hydrogen-bond acceptors (Lipinski definition) is 4. The molecule has 0 amide bonds. The monoisotopic (exact) mass is 317 g/mol. The Morgan fingerprint density at radius 1 is 1.35 bits per heavy atom. The molecule has 1 aromatic rings. The van der Waals surface area contributed by atoms with E-state index >= 15 is 0 Å². The number of nitrogens with one attached hydrogen (secondary N) is 1. The summed E-state index contributed by atoms with van der Waals surface area (Å²) >= 11 is 5.67. The molecule has 1 saturated carbocycles. The van der Waals surface area contributed by atoms with Crippen molar-refractivity contribution in [1.29, 1.82) is 0 Å². The van der Waals surface area contributed by atoms with Crippen molar-refractivity contribution in [3.63, 3.8) is 0 Å². The molecular formula is C13H20ClN3O2S. The predicted molar refractivity (Wildman–Crippen MR) is 79.3 cm³/mol. The molecule has 5 nitrogen and oxygen atoms in total. The standard InChI is InChI=1S/C13H20ClN3O2S/c1-17(2)13(7-3-4-8-13)10-16-20(18,19)11-5-6-12(14)15-9-11/h5-6,9,16H,3-4,7-8,10H2,1-2H3. The molecule has 1 heterocycles. The molecule has 0 saturated heterocycles. The fraction of sp³-hybridized carbons (Fsp3) is 0.615. The average molecular weight is 318 g/mol. The van der Waals surface area contributed by atoms with Crippen LogP contribution in [0.4, 0.5) is 0 Å². The second-order valence-corrected chi connectivity index (χ2v) is 7.62. The highest BCUT2D eigenvalue weighted by Gasteiger charge is 2.36. The lowest BCUT2D eigenvalue weighted by Crippen LogP contribution is -2.50. The second kappa shape index (κ2) is 5.97. The van der Waals surface area contributed by atoms with Crippen LogP contribution in [0.15, 0.2) is 23.2 Å². The Labute approximate surface area is 125 Å². The van der Waals surface area contributed by atoms with E-state index in [-0.39, 0.29) is 15.6 Å². The molecule has 1 fully saturated rings. The van der Waals surface area contributed by atoms with Gasteiger partial charge in [-0.1, -0.05) is 24.4 Å². The van der Waals surface area contributed by atoms with Crippen LogP contribution in [0.2, 0.25) is 5.15 Å². The summed E-state index contributed by atoms with van der Waals surface area (Å²) in [6.07, 6.45) is 5.59. The van der Waals surface area contributed by atoms with E-state index in [1.165, 1.54) is 18.3 Å². The maximum Gasteiger partial charge on any atom is 0.242 e. The first-order valence-electron chi connectivity index (χ1n) is 6.64. The van der Waals surface area contributed by atoms with Crippen LogP contribution in [0.3, 0.4) is 0 Å². The molecule has 0 bridgehead atoms. The molecule has 0 unspecified atom stereocenters. The minimum atomic E-state index is -3.53. The highest BCUT2D eigenvalue weighted by atomic mass is 35.5. The molecule has 1 aliphatic carbocycles. The predicted octanol–water partition coefficient (Wildman–Crippen LogP) is 1.89. The Kier molecular flexibility index (Phi) is 4.69. The fourth-order valence-electron chi connectivity index (χ4n) is 2.65. The van der Waals surface area contributed by atoms with Crippen molar-refractivity contribution in [2.24, 2.45) is 0 Å². The molecule has 7 heteroatoms. The van der Waals surface area contributed by atoms with Crippen LogP contribution in [0.5, 0.6) is 0 Å². The lowest BCUT2D eigenvalue weighted by molar-refractivity contribution is 0.162. The normalized spacial score (nSPS) is 18.6. The zero-order valence-corrected chi connectivity index (χ0v) is 13.3. The first-order chi connectivity index (χ1) is 9.36. The van der Waals surface area contributed by atoms with E-state index in [1.54, 1.807) is 0 Å². The highest BCUT2D eigenvalue weighted by molar-refractivity contribution is 7.89. The van der Waals surface area contributed by atoms with Crippen LogP contribution in [-0.2, 0) is 10.0 Å². The van der Waals surface area contributed by atoms with Crippen molar-refractivity contribution in [3.8, 4) is 0 Å². The number of halogens is 1. The average Bonchev–Trinajstić information content (AvgIpc) is 2.87. The van der Waals surface area contributed by atoms with E-state index in [9.17, 15) is 8.42 Å². The van der Waals surface area contributed by atoms with Gasteiger partial charge in [-0.05, 0) is 39.1 Å². The number of hydrogen-bond donors (Lipinski definition) is 1. The van der Waals surface area contributed by atoms with Gasteiger partial charge in [0, 0.05) is 18.3 Å². The van der Waals surface area contributed by atoms with Gasteiger partial charge < -0.3 is 4.90 Å². The van der Waals surface area contributed by atoms with Crippen LogP contribution < -0.4 is 4.72 Å². The topological polar surface area (TPSA) is 62.3 Å². The molecule has 0 spiro atoms. The summed E-state index contributed by atoms with van der Waals surface area (Å²) < 4.78 is 27.2. The van der Waals surface area contributed by atoms with E-state index < -0.39 is 10.0 Å². The van der Waals surface area contributed by atoms with Crippen molar-refractivity contribution in [1.82, 2.24) is 14.6 Å². The molecule has 0 radical (unpaired) electrons. The minimum Gasteiger partial charge on any atom is -0.302 e. The summed E-state index contributed by atoms with van der Waals surface area (Å²) in [5, 5.41) is 0.282. The largest absolute Gasteiger partial charge is 0.302 e. The number of nitrogens with zero attached hydrogens (tertiary/aromatic N) is 2. The van der Waals surface area contributed by atoms with Gasteiger partial charge in [0.1, 0.15) is 10.0 Å². The third-order valence-electron chi connectivity index (χ3n) is 4.08. The van der Waals surface area contributed by atoms with Gasteiger partial charge in [0.25, 0.3) is 0 Å². The zero-order chi connectivity index (χ0) is 14.8. The quantitative estimate of drug-likeness (QED) is 0.842. The second-order valence-electron chi connectivity index (χ2n) is 5.47. The zero-order valence-electron chi connectivity index (χ0n) is 11.8. The number of aromatic nitrogens is 1. The van der Waals surface area contributed by atoms with Crippen LogP contribution >= 0.6 is 11.6 Å². The van der Waals surface area contributed by atoms with Gasteiger partial charge in [-0.2, -0.15) is 0 Å². The maximum atomic E-state index is 12.3. The van der Waals surface area contributed by atoms with Crippen molar-refractivity contribution in [2.75, 3.05) is 20.6 Å². The van der Waals surface area contributed by atoms with Gasteiger partial charge in [-0.3, -0.25) is 0 Å². The SMILES string of the molecule is CN(C)C1(CNS(=O)(=O)c2ccc(Cl)nc2)CCCC1.